The molecular weight excluding hydrogens is 278 g/mol. The molecule has 0 fully saturated rings. The van der Waals surface area contributed by atoms with Gasteiger partial charge >= 0.3 is 0 Å². The van der Waals surface area contributed by atoms with Crippen LogP contribution in [0.5, 0.6) is 17.2 Å². The molecule has 0 spiro atoms. The number of rotatable bonds is 8. The number of methoxy groups -OCH3 is 3. The van der Waals surface area contributed by atoms with Crippen molar-refractivity contribution in [1.29, 1.82) is 0 Å². The Morgan fingerprint density at radius 2 is 1.45 bits per heavy atom. The third-order valence-corrected chi connectivity index (χ3v) is 3.49. The second-order valence-corrected chi connectivity index (χ2v) is 4.95. The molecule has 0 atom stereocenters. The summed E-state index contributed by atoms with van der Waals surface area (Å²) in [6.07, 6.45) is 1.01. The van der Waals surface area contributed by atoms with E-state index in [0.717, 1.165) is 25.1 Å². The number of nitrogens with one attached hydrogen (secondary N) is 1. The van der Waals surface area contributed by atoms with Crippen molar-refractivity contribution in [1.82, 2.24) is 5.32 Å². The quantitative estimate of drug-likeness (QED) is 0.761. The van der Waals surface area contributed by atoms with Crippen LogP contribution in [0.3, 0.4) is 0 Å². The van der Waals surface area contributed by atoms with Crippen molar-refractivity contribution in [2.45, 2.75) is 13.0 Å². The van der Waals surface area contributed by atoms with Crippen molar-refractivity contribution in [3.05, 3.63) is 53.6 Å². The van der Waals surface area contributed by atoms with Crippen LogP contribution in [0, 0.1) is 0 Å². The fourth-order valence-corrected chi connectivity index (χ4v) is 2.35. The van der Waals surface area contributed by atoms with Crippen LogP contribution in [0.15, 0.2) is 42.5 Å². The number of benzene rings is 2. The van der Waals surface area contributed by atoms with Gasteiger partial charge in [-0.15, -0.1) is 0 Å². The summed E-state index contributed by atoms with van der Waals surface area (Å²) in [7, 11) is 4.87. The molecule has 2 rings (SSSR count). The molecule has 2 aromatic carbocycles. The lowest BCUT2D eigenvalue weighted by molar-refractivity contribution is 0.323. The molecule has 0 aliphatic rings. The lowest BCUT2D eigenvalue weighted by Crippen LogP contribution is -2.16. The van der Waals surface area contributed by atoms with Gasteiger partial charge in [0.2, 0.25) is 5.75 Å². The van der Waals surface area contributed by atoms with Crippen LogP contribution in [-0.2, 0) is 13.0 Å². The van der Waals surface area contributed by atoms with E-state index in [0.29, 0.717) is 17.2 Å². The maximum absolute atomic E-state index is 5.36. The van der Waals surface area contributed by atoms with Crippen LogP contribution in [0.1, 0.15) is 11.1 Å². The number of ether oxygens (including phenoxy) is 3. The number of hydrogen-bond acceptors (Lipinski definition) is 4. The fraction of sp³-hybridized carbons (Fsp3) is 0.333. The second-order valence-electron chi connectivity index (χ2n) is 4.95. The van der Waals surface area contributed by atoms with Crippen molar-refractivity contribution in [3.8, 4) is 17.2 Å². The Labute approximate surface area is 132 Å². The van der Waals surface area contributed by atoms with Crippen molar-refractivity contribution in [2.75, 3.05) is 27.9 Å². The highest BCUT2D eigenvalue weighted by Gasteiger charge is 2.12. The zero-order chi connectivity index (χ0) is 15.8. The van der Waals surface area contributed by atoms with E-state index in [2.05, 4.69) is 29.6 Å². The Morgan fingerprint density at radius 1 is 0.818 bits per heavy atom. The van der Waals surface area contributed by atoms with Gasteiger partial charge < -0.3 is 19.5 Å². The van der Waals surface area contributed by atoms with Gasteiger partial charge in [-0.05, 0) is 36.2 Å². The molecule has 0 heterocycles. The van der Waals surface area contributed by atoms with Crippen molar-refractivity contribution < 1.29 is 14.2 Å². The summed E-state index contributed by atoms with van der Waals surface area (Å²) in [5.41, 5.74) is 2.43. The van der Waals surface area contributed by atoms with E-state index < -0.39 is 0 Å². The van der Waals surface area contributed by atoms with Gasteiger partial charge in [-0.2, -0.15) is 0 Å². The van der Waals surface area contributed by atoms with Gasteiger partial charge in [-0.25, -0.2) is 0 Å². The zero-order valence-corrected chi connectivity index (χ0v) is 13.4. The van der Waals surface area contributed by atoms with E-state index in [1.807, 2.05) is 18.2 Å². The fourth-order valence-electron chi connectivity index (χ4n) is 2.35. The minimum absolute atomic E-state index is 0.623. The SMILES string of the molecule is COc1cc(CNCCc2ccccc2)cc(OC)c1OC. The van der Waals surface area contributed by atoms with E-state index in [1.54, 1.807) is 21.3 Å². The van der Waals surface area contributed by atoms with E-state index in [-0.39, 0.29) is 0 Å². The summed E-state index contributed by atoms with van der Waals surface area (Å²) in [6, 6.07) is 14.4. The lowest BCUT2D eigenvalue weighted by atomic mass is 10.1. The molecule has 0 aliphatic heterocycles. The molecule has 0 saturated heterocycles. The Bertz CT molecular complexity index is 559. The Morgan fingerprint density at radius 3 is 2.00 bits per heavy atom. The normalized spacial score (nSPS) is 10.3. The van der Waals surface area contributed by atoms with E-state index >= 15 is 0 Å². The van der Waals surface area contributed by atoms with Crippen LogP contribution in [0.25, 0.3) is 0 Å². The Balaban J connectivity index is 1.95. The van der Waals surface area contributed by atoms with Gasteiger partial charge in [-0.3, -0.25) is 0 Å². The summed E-state index contributed by atoms with van der Waals surface area (Å²) >= 11 is 0. The first-order valence-corrected chi connectivity index (χ1v) is 7.32. The van der Waals surface area contributed by atoms with Gasteiger partial charge in [0, 0.05) is 6.54 Å². The highest BCUT2D eigenvalue weighted by molar-refractivity contribution is 5.53. The van der Waals surface area contributed by atoms with Crippen LogP contribution in [0.2, 0.25) is 0 Å². The van der Waals surface area contributed by atoms with Crippen LogP contribution in [-0.4, -0.2) is 27.9 Å². The average Bonchev–Trinajstić information content (AvgIpc) is 2.58. The van der Waals surface area contributed by atoms with E-state index in [4.69, 9.17) is 14.2 Å². The van der Waals surface area contributed by atoms with Crippen molar-refractivity contribution >= 4 is 0 Å². The monoisotopic (exact) mass is 301 g/mol. The molecule has 0 radical (unpaired) electrons. The lowest BCUT2D eigenvalue weighted by Gasteiger charge is -2.14. The number of hydrogen-bond donors (Lipinski definition) is 1. The summed E-state index contributed by atoms with van der Waals surface area (Å²) in [6.45, 7) is 1.67. The first-order valence-electron chi connectivity index (χ1n) is 7.32. The van der Waals surface area contributed by atoms with E-state index in [1.165, 1.54) is 5.56 Å². The highest BCUT2D eigenvalue weighted by Crippen LogP contribution is 2.38. The highest BCUT2D eigenvalue weighted by atomic mass is 16.5. The van der Waals surface area contributed by atoms with Crippen LogP contribution >= 0.6 is 0 Å². The predicted molar refractivity (Wildman–Crippen MR) is 88.0 cm³/mol. The molecule has 0 saturated carbocycles. The smallest absolute Gasteiger partial charge is 0.203 e. The molecule has 22 heavy (non-hydrogen) atoms. The summed E-state index contributed by atoms with van der Waals surface area (Å²) in [4.78, 5) is 0. The first-order chi connectivity index (χ1) is 10.8. The molecule has 1 N–H and O–H groups in total. The summed E-state index contributed by atoms with van der Waals surface area (Å²) in [5.74, 6) is 1.99. The molecule has 0 bridgehead atoms. The molecule has 0 unspecified atom stereocenters. The van der Waals surface area contributed by atoms with Crippen molar-refractivity contribution in [2.24, 2.45) is 0 Å². The molecule has 2 aromatic rings. The van der Waals surface area contributed by atoms with Gasteiger partial charge in [-0.1, -0.05) is 30.3 Å². The molecule has 118 valence electrons. The summed E-state index contributed by atoms with van der Waals surface area (Å²) < 4.78 is 16.1. The average molecular weight is 301 g/mol. The molecule has 0 aromatic heterocycles. The standard InChI is InChI=1S/C18H23NO3/c1-20-16-11-15(12-17(21-2)18(16)22-3)13-19-10-9-14-7-5-4-6-8-14/h4-8,11-12,19H,9-10,13H2,1-3H3. The predicted octanol–water partition coefficient (Wildman–Crippen LogP) is 3.04. The van der Waals surface area contributed by atoms with Gasteiger partial charge in [0.15, 0.2) is 11.5 Å². The van der Waals surface area contributed by atoms with Gasteiger partial charge in [0.1, 0.15) is 0 Å². The second kappa shape index (κ2) is 8.29. The Kier molecular flexibility index (Phi) is 6.10. The maximum Gasteiger partial charge on any atom is 0.203 e. The van der Waals surface area contributed by atoms with E-state index in [9.17, 15) is 0 Å². The molecule has 0 aliphatic carbocycles. The van der Waals surface area contributed by atoms with Gasteiger partial charge in [0.25, 0.3) is 0 Å². The molecule has 4 nitrogen and oxygen atoms in total. The Hall–Kier alpha value is -2.20. The summed E-state index contributed by atoms with van der Waals surface area (Å²) in [5, 5.41) is 3.44. The van der Waals surface area contributed by atoms with Crippen LogP contribution in [0.4, 0.5) is 0 Å². The third kappa shape index (κ3) is 4.15. The molecule has 0 amide bonds. The third-order valence-electron chi connectivity index (χ3n) is 3.49. The first kappa shape index (κ1) is 16.2. The topological polar surface area (TPSA) is 39.7 Å². The van der Waals surface area contributed by atoms with Gasteiger partial charge in [0.05, 0.1) is 21.3 Å². The maximum atomic E-state index is 5.36. The van der Waals surface area contributed by atoms with Crippen molar-refractivity contribution in [3.63, 3.8) is 0 Å². The minimum atomic E-state index is 0.623. The molecule has 4 heteroatoms. The minimum Gasteiger partial charge on any atom is -0.493 e. The van der Waals surface area contributed by atoms with Crippen LogP contribution < -0.4 is 19.5 Å². The zero-order valence-electron chi connectivity index (χ0n) is 13.4. The molecular formula is C18H23NO3. The largest absolute Gasteiger partial charge is 0.493 e.